The fourth-order valence-corrected chi connectivity index (χ4v) is 3.96. The van der Waals surface area contributed by atoms with Gasteiger partial charge in [-0.15, -0.1) is 10.2 Å². The number of halogens is 1. The van der Waals surface area contributed by atoms with Crippen LogP contribution in [0.1, 0.15) is 18.7 Å². The number of nitrogens with one attached hydrogen (secondary N) is 2. The highest BCUT2D eigenvalue weighted by molar-refractivity contribution is 8.00. The Kier molecular flexibility index (Phi) is 3.96. The van der Waals surface area contributed by atoms with Gasteiger partial charge in [-0.1, -0.05) is 34.7 Å². The first-order valence-electron chi connectivity index (χ1n) is 7.09. The molecule has 1 aliphatic carbocycles. The average molecular weight is 366 g/mol. The van der Waals surface area contributed by atoms with Gasteiger partial charge >= 0.3 is 0 Å². The van der Waals surface area contributed by atoms with E-state index < -0.39 is 0 Å². The second-order valence-electron chi connectivity index (χ2n) is 5.25. The summed E-state index contributed by atoms with van der Waals surface area (Å²) < 4.78 is 0.854. The van der Waals surface area contributed by atoms with Crippen LogP contribution in [-0.4, -0.2) is 26.2 Å². The predicted molar refractivity (Wildman–Crippen MR) is 93.5 cm³/mol. The van der Waals surface area contributed by atoms with Crippen molar-refractivity contribution in [2.75, 3.05) is 5.32 Å². The quantitative estimate of drug-likeness (QED) is 0.675. The number of hydrogen-bond donors (Lipinski definition) is 2. The largest absolute Gasteiger partial charge is 0.357 e. The van der Waals surface area contributed by atoms with Crippen LogP contribution in [0.4, 0.5) is 5.13 Å². The molecule has 23 heavy (non-hydrogen) atoms. The summed E-state index contributed by atoms with van der Waals surface area (Å²) in [5, 5.41) is 13.4. The third kappa shape index (κ3) is 3.49. The zero-order valence-electron chi connectivity index (χ0n) is 11.9. The Bertz CT molecular complexity index is 921. The van der Waals surface area contributed by atoms with E-state index in [1.165, 1.54) is 35.9 Å². The van der Waals surface area contributed by atoms with Crippen LogP contribution in [0.25, 0.3) is 10.9 Å². The minimum atomic E-state index is -0.179. The highest BCUT2D eigenvalue weighted by Gasteiger charge is 2.22. The van der Waals surface area contributed by atoms with Gasteiger partial charge in [0.05, 0.1) is 16.7 Å². The number of aromatic amines is 1. The fourth-order valence-electron chi connectivity index (χ4n) is 2.09. The molecule has 1 saturated carbocycles. The van der Waals surface area contributed by atoms with Gasteiger partial charge in [-0.25, -0.2) is 4.98 Å². The number of rotatable bonds is 5. The van der Waals surface area contributed by atoms with Crippen molar-refractivity contribution >= 4 is 50.7 Å². The van der Waals surface area contributed by atoms with E-state index in [-0.39, 0.29) is 5.56 Å². The van der Waals surface area contributed by atoms with Crippen LogP contribution in [0.2, 0.25) is 5.02 Å². The molecule has 0 spiro atoms. The molecule has 1 aliphatic rings. The summed E-state index contributed by atoms with van der Waals surface area (Å²) in [5.41, 5.74) is 0.462. The van der Waals surface area contributed by atoms with E-state index in [0.29, 0.717) is 33.5 Å². The Hall–Kier alpha value is -1.64. The summed E-state index contributed by atoms with van der Waals surface area (Å²) in [4.78, 5) is 19.4. The van der Waals surface area contributed by atoms with Gasteiger partial charge in [0.1, 0.15) is 5.82 Å². The molecule has 0 atom stereocenters. The Morgan fingerprint density at radius 2 is 2.26 bits per heavy atom. The van der Waals surface area contributed by atoms with Gasteiger partial charge in [-0.3, -0.25) is 4.79 Å². The van der Waals surface area contributed by atoms with Crippen LogP contribution in [0.5, 0.6) is 0 Å². The van der Waals surface area contributed by atoms with Crippen LogP contribution in [0.15, 0.2) is 27.3 Å². The van der Waals surface area contributed by atoms with Gasteiger partial charge in [0.25, 0.3) is 5.56 Å². The molecular weight excluding hydrogens is 354 g/mol. The molecule has 2 aromatic heterocycles. The van der Waals surface area contributed by atoms with Gasteiger partial charge in [-0.2, -0.15) is 0 Å². The second kappa shape index (κ2) is 6.10. The predicted octanol–water partition coefficient (Wildman–Crippen LogP) is 3.29. The Balaban J connectivity index is 1.50. The fraction of sp³-hybridized carbons (Fsp3) is 0.286. The highest BCUT2D eigenvalue weighted by Crippen LogP contribution is 2.31. The third-order valence-corrected chi connectivity index (χ3v) is 5.59. The van der Waals surface area contributed by atoms with E-state index in [9.17, 15) is 4.79 Å². The van der Waals surface area contributed by atoms with Crippen molar-refractivity contribution in [2.45, 2.75) is 29.0 Å². The number of fused-ring (bicyclic) bond motifs is 1. The van der Waals surface area contributed by atoms with Crippen LogP contribution in [0, 0.1) is 0 Å². The number of thioether (sulfide) groups is 1. The molecule has 0 radical (unpaired) electrons. The lowest BCUT2D eigenvalue weighted by molar-refractivity contribution is 0.989. The number of benzene rings is 1. The molecule has 6 nitrogen and oxygen atoms in total. The molecule has 0 unspecified atom stereocenters. The molecule has 1 aromatic carbocycles. The lowest BCUT2D eigenvalue weighted by atomic mass is 10.2. The van der Waals surface area contributed by atoms with E-state index in [4.69, 9.17) is 11.6 Å². The monoisotopic (exact) mass is 365 g/mol. The second-order valence-corrected chi connectivity index (χ2v) is 7.89. The van der Waals surface area contributed by atoms with Crippen molar-refractivity contribution in [3.63, 3.8) is 0 Å². The summed E-state index contributed by atoms with van der Waals surface area (Å²) in [6, 6.07) is 5.67. The minimum Gasteiger partial charge on any atom is -0.357 e. The molecule has 1 fully saturated rings. The topological polar surface area (TPSA) is 83.6 Å². The molecule has 2 heterocycles. The normalized spacial score (nSPS) is 14.3. The van der Waals surface area contributed by atoms with Crippen molar-refractivity contribution in [1.82, 2.24) is 20.2 Å². The summed E-state index contributed by atoms with van der Waals surface area (Å²) >= 11 is 8.94. The highest BCUT2D eigenvalue weighted by atomic mass is 35.5. The number of anilines is 1. The average Bonchev–Trinajstić information content (AvgIpc) is 3.23. The van der Waals surface area contributed by atoms with Crippen LogP contribution < -0.4 is 10.9 Å². The zero-order chi connectivity index (χ0) is 15.8. The maximum absolute atomic E-state index is 12.1. The standard InChI is InChI=1S/C14H12ClN5OS2/c15-7-1-4-10-9(5-7)12(21)18-11(17-10)6-22-14-20-19-13(23-14)16-8-2-3-8/h1,4-5,8H,2-3,6H2,(H,16,19)(H,17,18,21). The Morgan fingerprint density at radius 3 is 3.09 bits per heavy atom. The molecule has 4 rings (SSSR count). The molecule has 2 N–H and O–H groups in total. The first-order chi connectivity index (χ1) is 11.2. The van der Waals surface area contributed by atoms with Crippen molar-refractivity contribution in [2.24, 2.45) is 0 Å². The van der Waals surface area contributed by atoms with E-state index in [1.54, 1.807) is 18.2 Å². The van der Waals surface area contributed by atoms with Crippen LogP contribution in [0.3, 0.4) is 0 Å². The Labute approximate surface area is 144 Å². The van der Waals surface area contributed by atoms with Gasteiger partial charge in [-0.05, 0) is 31.0 Å². The van der Waals surface area contributed by atoms with Crippen LogP contribution in [-0.2, 0) is 5.75 Å². The third-order valence-electron chi connectivity index (χ3n) is 3.36. The zero-order valence-corrected chi connectivity index (χ0v) is 14.3. The van der Waals surface area contributed by atoms with Gasteiger partial charge in [0, 0.05) is 11.1 Å². The van der Waals surface area contributed by atoms with Crippen molar-refractivity contribution in [3.8, 4) is 0 Å². The molecule has 0 saturated heterocycles. The van der Waals surface area contributed by atoms with E-state index in [1.807, 2.05) is 0 Å². The molecule has 0 bridgehead atoms. The number of aromatic nitrogens is 4. The molecule has 9 heteroatoms. The summed E-state index contributed by atoms with van der Waals surface area (Å²) in [6.45, 7) is 0. The van der Waals surface area contributed by atoms with Crippen molar-refractivity contribution in [3.05, 3.63) is 39.4 Å². The molecule has 3 aromatic rings. The summed E-state index contributed by atoms with van der Waals surface area (Å²) in [6.07, 6.45) is 2.41. The van der Waals surface area contributed by atoms with Gasteiger partial charge in [0.2, 0.25) is 5.13 Å². The molecule has 0 aliphatic heterocycles. The van der Waals surface area contributed by atoms with Crippen molar-refractivity contribution < 1.29 is 0 Å². The summed E-state index contributed by atoms with van der Waals surface area (Å²) in [7, 11) is 0. The maximum atomic E-state index is 12.1. The maximum Gasteiger partial charge on any atom is 0.258 e. The lowest BCUT2D eigenvalue weighted by Gasteiger charge is -2.02. The van der Waals surface area contributed by atoms with E-state index in [0.717, 1.165) is 9.47 Å². The van der Waals surface area contributed by atoms with E-state index in [2.05, 4.69) is 25.5 Å². The number of hydrogen-bond acceptors (Lipinski definition) is 7. The first kappa shape index (κ1) is 14.9. The number of nitrogens with zero attached hydrogens (tertiary/aromatic N) is 3. The molecule has 118 valence electrons. The Morgan fingerprint density at radius 1 is 1.39 bits per heavy atom. The smallest absolute Gasteiger partial charge is 0.258 e. The molecule has 0 amide bonds. The van der Waals surface area contributed by atoms with Gasteiger partial charge < -0.3 is 10.3 Å². The molecular formula is C14H12ClN5OS2. The summed E-state index contributed by atoms with van der Waals surface area (Å²) in [5.74, 6) is 1.15. The first-order valence-corrected chi connectivity index (χ1v) is 9.27. The van der Waals surface area contributed by atoms with Crippen LogP contribution >= 0.6 is 34.7 Å². The SMILES string of the molecule is O=c1[nH]c(CSc2nnc(NC3CC3)s2)nc2ccc(Cl)cc12. The van der Waals surface area contributed by atoms with E-state index >= 15 is 0 Å². The van der Waals surface area contributed by atoms with Crippen molar-refractivity contribution in [1.29, 1.82) is 0 Å². The lowest BCUT2D eigenvalue weighted by Crippen LogP contribution is -2.11. The number of H-pyrrole nitrogens is 1. The minimum absolute atomic E-state index is 0.179. The van der Waals surface area contributed by atoms with Gasteiger partial charge in [0.15, 0.2) is 4.34 Å².